The van der Waals surface area contributed by atoms with Gasteiger partial charge in [-0.05, 0) is 28.8 Å². The van der Waals surface area contributed by atoms with Gasteiger partial charge in [0, 0.05) is 12.5 Å². The molecule has 0 radical (unpaired) electrons. The Balaban J connectivity index is 1.56. The van der Waals surface area contributed by atoms with E-state index in [4.69, 9.17) is 4.74 Å². The molecule has 2 N–H and O–H groups in total. The van der Waals surface area contributed by atoms with Gasteiger partial charge in [-0.25, -0.2) is 0 Å². The molecular weight excluding hydrogens is 316 g/mol. The van der Waals surface area contributed by atoms with Crippen molar-refractivity contribution in [1.82, 2.24) is 10.2 Å². The summed E-state index contributed by atoms with van der Waals surface area (Å²) in [5.74, 6) is 1.11. The highest BCUT2D eigenvalue weighted by atomic mass is 16.5. The predicted molar refractivity (Wildman–Crippen MR) is 95.5 cm³/mol. The molecule has 4 rings (SSSR count). The van der Waals surface area contributed by atoms with Gasteiger partial charge in [0.25, 0.3) is 0 Å². The Morgan fingerprint density at radius 2 is 1.76 bits per heavy atom. The summed E-state index contributed by atoms with van der Waals surface area (Å²) < 4.78 is 5.20. The van der Waals surface area contributed by atoms with E-state index in [2.05, 4.69) is 29.6 Å². The molecule has 0 aromatic heterocycles. The van der Waals surface area contributed by atoms with Gasteiger partial charge in [-0.15, -0.1) is 0 Å². The third-order valence-corrected chi connectivity index (χ3v) is 5.37. The summed E-state index contributed by atoms with van der Waals surface area (Å²) in [4.78, 5) is 13.9. The zero-order valence-electron chi connectivity index (χ0n) is 14.2. The monoisotopic (exact) mass is 338 g/mol. The third-order valence-electron chi connectivity index (χ3n) is 5.37. The van der Waals surface area contributed by atoms with Crippen molar-refractivity contribution in [1.29, 1.82) is 0 Å². The normalized spacial score (nSPS) is 25.3. The Hall–Kier alpha value is -2.37. The van der Waals surface area contributed by atoms with Crippen LogP contribution >= 0.6 is 0 Å². The van der Waals surface area contributed by atoms with Gasteiger partial charge in [-0.2, -0.15) is 0 Å². The van der Waals surface area contributed by atoms with Gasteiger partial charge < -0.3 is 20.1 Å². The largest absolute Gasteiger partial charge is 0.497 e. The van der Waals surface area contributed by atoms with Gasteiger partial charge in [-0.1, -0.05) is 36.4 Å². The highest BCUT2D eigenvalue weighted by molar-refractivity contribution is 5.81. The number of methoxy groups -OCH3 is 1. The second-order valence-electron chi connectivity index (χ2n) is 6.63. The SMILES string of the molecule is COc1ccc(-c2ccc([C@H]3[C@@H](CO)N4C(=O)CNC[C@@H]34)cc2)cc1. The number of rotatable bonds is 4. The van der Waals surface area contributed by atoms with Crippen molar-refractivity contribution in [3.05, 3.63) is 54.1 Å². The Morgan fingerprint density at radius 1 is 1.12 bits per heavy atom. The van der Waals surface area contributed by atoms with Crippen molar-refractivity contribution >= 4 is 5.91 Å². The molecule has 2 fully saturated rings. The number of nitrogens with zero attached hydrogens (tertiary/aromatic N) is 1. The van der Waals surface area contributed by atoms with Gasteiger partial charge in [0.15, 0.2) is 0 Å². The van der Waals surface area contributed by atoms with Gasteiger partial charge in [-0.3, -0.25) is 4.79 Å². The zero-order valence-corrected chi connectivity index (χ0v) is 14.2. The fourth-order valence-electron chi connectivity index (χ4n) is 4.09. The first-order valence-corrected chi connectivity index (χ1v) is 8.60. The molecule has 0 bridgehead atoms. The number of aliphatic hydroxyl groups is 1. The fourth-order valence-corrected chi connectivity index (χ4v) is 4.09. The molecular formula is C20H22N2O3. The topological polar surface area (TPSA) is 61.8 Å². The number of amides is 1. The molecule has 2 aromatic rings. The molecule has 2 aliphatic heterocycles. The third kappa shape index (κ3) is 2.69. The number of carbonyl (C=O) groups excluding carboxylic acids is 1. The summed E-state index contributed by atoms with van der Waals surface area (Å²) in [7, 11) is 1.66. The van der Waals surface area contributed by atoms with E-state index in [1.54, 1.807) is 7.11 Å². The number of fused-ring (bicyclic) bond motifs is 1. The van der Waals surface area contributed by atoms with Crippen molar-refractivity contribution < 1.29 is 14.6 Å². The van der Waals surface area contributed by atoms with E-state index < -0.39 is 0 Å². The molecule has 2 aliphatic rings. The number of benzene rings is 2. The zero-order chi connectivity index (χ0) is 17.4. The molecule has 1 amide bonds. The van der Waals surface area contributed by atoms with Crippen LogP contribution in [0.2, 0.25) is 0 Å². The van der Waals surface area contributed by atoms with Crippen LogP contribution in [0.5, 0.6) is 5.75 Å². The number of ether oxygens (including phenoxy) is 1. The van der Waals surface area contributed by atoms with Crippen LogP contribution in [0.15, 0.2) is 48.5 Å². The van der Waals surface area contributed by atoms with Crippen LogP contribution in [-0.2, 0) is 4.79 Å². The van der Waals surface area contributed by atoms with Crippen LogP contribution in [0.25, 0.3) is 11.1 Å². The minimum absolute atomic E-state index is 0.00708. The minimum Gasteiger partial charge on any atom is -0.497 e. The van der Waals surface area contributed by atoms with E-state index in [1.807, 2.05) is 29.2 Å². The quantitative estimate of drug-likeness (QED) is 0.889. The molecule has 0 unspecified atom stereocenters. The molecule has 5 nitrogen and oxygen atoms in total. The first-order chi connectivity index (χ1) is 12.2. The first-order valence-electron chi connectivity index (χ1n) is 8.60. The average Bonchev–Trinajstić information content (AvgIpc) is 2.64. The maximum Gasteiger partial charge on any atom is 0.237 e. The molecule has 5 heteroatoms. The van der Waals surface area contributed by atoms with E-state index >= 15 is 0 Å². The predicted octanol–water partition coefficient (Wildman–Crippen LogP) is 1.62. The van der Waals surface area contributed by atoms with Crippen LogP contribution < -0.4 is 10.1 Å². The number of carbonyl (C=O) groups is 1. The van der Waals surface area contributed by atoms with Crippen molar-refractivity contribution in [2.75, 3.05) is 26.8 Å². The highest BCUT2D eigenvalue weighted by Crippen LogP contribution is 2.41. The number of aliphatic hydroxyl groups excluding tert-OH is 1. The molecule has 2 saturated heterocycles. The lowest BCUT2D eigenvalue weighted by molar-refractivity contribution is -0.153. The summed E-state index contributed by atoms with van der Waals surface area (Å²) in [5.41, 5.74) is 3.45. The smallest absolute Gasteiger partial charge is 0.237 e. The molecule has 2 heterocycles. The molecule has 25 heavy (non-hydrogen) atoms. The maximum absolute atomic E-state index is 12.0. The molecule has 0 saturated carbocycles. The van der Waals surface area contributed by atoms with Crippen molar-refractivity contribution in [2.24, 2.45) is 0 Å². The van der Waals surface area contributed by atoms with E-state index in [0.29, 0.717) is 6.54 Å². The maximum atomic E-state index is 12.0. The number of nitrogens with one attached hydrogen (secondary N) is 1. The molecule has 130 valence electrons. The van der Waals surface area contributed by atoms with Crippen LogP contribution in [0.1, 0.15) is 11.5 Å². The number of hydrogen-bond acceptors (Lipinski definition) is 4. The van der Waals surface area contributed by atoms with E-state index in [1.165, 1.54) is 5.56 Å². The van der Waals surface area contributed by atoms with E-state index in [0.717, 1.165) is 23.4 Å². The Kier molecular flexibility index (Phi) is 4.19. The second kappa shape index (κ2) is 6.50. The lowest BCUT2D eigenvalue weighted by Gasteiger charge is -2.57. The van der Waals surface area contributed by atoms with Gasteiger partial charge in [0.2, 0.25) is 5.91 Å². The Labute approximate surface area is 147 Å². The van der Waals surface area contributed by atoms with Crippen molar-refractivity contribution in [3.8, 4) is 16.9 Å². The number of hydrogen-bond donors (Lipinski definition) is 2. The average molecular weight is 338 g/mol. The highest BCUT2D eigenvalue weighted by Gasteiger charge is 2.52. The lowest BCUT2D eigenvalue weighted by atomic mass is 9.74. The van der Waals surface area contributed by atoms with Crippen LogP contribution in [0.4, 0.5) is 0 Å². The van der Waals surface area contributed by atoms with E-state index in [9.17, 15) is 9.90 Å². The summed E-state index contributed by atoms with van der Waals surface area (Å²) in [6.45, 7) is 1.16. The summed E-state index contributed by atoms with van der Waals surface area (Å²) in [6.07, 6.45) is 0. The van der Waals surface area contributed by atoms with Crippen LogP contribution in [0.3, 0.4) is 0 Å². The summed E-state index contributed by atoms with van der Waals surface area (Å²) in [6, 6.07) is 16.5. The molecule has 3 atom stereocenters. The summed E-state index contributed by atoms with van der Waals surface area (Å²) in [5, 5.41) is 12.9. The number of piperazine rings is 1. The van der Waals surface area contributed by atoms with Gasteiger partial charge in [0.05, 0.1) is 32.3 Å². The minimum atomic E-state index is -0.105. The van der Waals surface area contributed by atoms with Crippen LogP contribution in [0, 0.1) is 0 Å². The molecule has 0 aliphatic carbocycles. The molecule has 2 aromatic carbocycles. The van der Waals surface area contributed by atoms with Crippen LogP contribution in [-0.4, -0.2) is 54.8 Å². The first kappa shape index (κ1) is 16.1. The van der Waals surface area contributed by atoms with Gasteiger partial charge in [0.1, 0.15) is 5.75 Å². The van der Waals surface area contributed by atoms with E-state index in [-0.39, 0.29) is 30.5 Å². The Morgan fingerprint density at radius 3 is 2.36 bits per heavy atom. The van der Waals surface area contributed by atoms with Crippen molar-refractivity contribution in [2.45, 2.75) is 18.0 Å². The van der Waals surface area contributed by atoms with Crippen molar-refractivity contribution in [3.63, 3.8) is 0 Å². The molecule has 0 spiro atoms. The lowest BCUT2D eigenvalue weighted by Crippen LogP contribution is -2.72. The second-order valence-corrected chi connectivity index (χ2v) is 6.63. The van der Waals surface area contributed by atoms with Gasteiger partial charge >= 0.3 is 0 Å². The fraction of sp³-hybridized carbons (Fsp3) is 0.350. The summed E-state index contributed by atoms with van der Waals surface area (Å²) >= 11 is 0. The standard InChI is InChI=1S/C20H22N2O3/c1-25-16-8-6-14(7-9-16)13-2-4-15(5-3-13)20-17-10-21-11-19(24)22(17)18(20)12-23/h2-9,17-18,20-21,23H,10-12H2,1H3/t17-,18+,20+/m0/s1. The Bertz CT molecular complexity index is 752.